The molecule has 0 saturated carbocycles. The molecule has 90 valence electrons. The van der Waals surface area contributed by atoms with E-state index in [0.717, 1.165) is 23.4 Å². The van der Waals surface area contributed by atoms with Crippen LogP contribution in [0.3, 0.4) is 0 Å². The van der Waals surface area contributed by atoms with Gasteiger partial charge in [0.05, 0.1) is 12.3 Å². The largest absolute Gasteiger partial charge is 0.392 e. The van der Waals surface area contributed by atoms with Crippen molar-refractivity contribution in [3.8, 4) is 0 Å². The van der Waals surface area contributed by atoms with E-state index in [0.29, 0.717) is 13.0 Å². The van der Waals surface area contributed by atoms with Gasteiger partial charge in [0.2, 0.25) is 5.91 Å². The van der Waals surface area contributed by atoms with E-state index in [1.165, 1.54) is 0 Å². The molecule has 1 heterocycles. The highest BCUT2D eigenvalue weighted by Crippen LogP contribution is 2.13. The second kappa shape index (κ2) is 5.65. The Balaban J connectivity index is 2.58. The van der Waals surface area contributed by atoms with E-state index in [1.54, 1.807) is 7.05 Å². The van der Waals surface area contributed by atoms with E-state index in [-0.39, 0.29) is 12.5 Å². The molecule has 0 spiro atoms. The Kier molecular flexibility index (Phi) is 4.49. The summed E-state index contributed by atoms with van der Waals surface area (Å²) < 4.78 is 1.85. The first-order valence-electron chi connectivity index (χ1n) is 5.44. The topological polar surface area (TPSA) is 67.2 Å². The zero-order valence-corrected chi connectivity index (χ0v) is 10.1. The number of hydrogen-bond donors (Lipinski definition) is 2. The molecule has 0 aliphatic rings. The van der Waals surface area contributed by atoms with Crippen LogP contribution in [-0.4, -0.2) is 27.8 Å². The second-order valence-corrected chi connectivity index (χ2v) is 3.81. The van der Waals surface area contributed by atoms with Crippen LogP contribution in [0, 0.1) is 13.8 Å². The summed E-state index contributed by atoms with van der Waals surface area (Å²) in [6.45, 7) is 4.55. The van der Waals surface area contributed by atoms with Crippen LogP contribution < -0.4 is 5.32 Å². The van der Waals surface area contributed by atoms with Gasteiger partial charge in [-0.2, -0.15) is 5.10 Å². The van der Waals surface area contributed by atoms with E-state index >= 15 is 0 Å². The standard InChI is InChI=1S/C11H19N3O2/c1-8-10(7-15)9(2)14(13-8)6-4-5-11(16)12-3/h15H,4-7H2,1-3H3,(H,12,16). The van der Waals surface area contributed by atoms with Crippen molar-refractivity contribution in [3.05, 3.63) is 17.0 Å². The second-order valence-electron chi connectivity index (χ2n) is 3.81. The summed E-state index contributed by atoms with van der Waals surface area (Å²) in [6.07, 6.45) is 1.26. The van der Waals surface area contributed by atoms with E-state index in [2.05, 4.69) is 10.4 Å². The van der Waals surface area contributed by atoms with Gasteiger partial charge in [-0.3, -0.25) is 9.48 Å². The van der Waals surface area contributed by atoms with Crippen LogP contribution in [0.25, 0.3) is 0 Å². The van der Waals surface area contributed by atoms with Gasteiger partial charge in [-0.15, -0.1) is 0 Å². The van der Waals surface area contributed by atoms with Crippen molar-refractivity contribution in [2.24, 2.45) is 0 Å². The summed E-state index contributed by atoms with van der Waals surface area (Å²) in [5.41, 5.74) is 2.73. The molecule has 0 fully saturated rings. The smallest absolute Gasteiger partial charge is 0.219 e. The van der Waals surface area contributed by atoms with Crippen molar-refractivity contribution < 1.29 is 9.90 Å². The molecule has 0 bridgehead atoms. The Hall–Kier alpha value is -1.36. The molecule has 1 aromatic heterocycles. The quantitative estimate of drug-likeness (QED) is 0.767. The molecule has 5 nitrogen and oxygen atoms in total. The molecule has 0 saturated heterocycles. The number of nitrogens with zero attached hydrogens (tertiary/aromatic N) is 2. The molecule has 2 N–H and O–H groups in total. The van der Waals surface area contributed by atoms with Crippen molar-refractivity contribution in [2.75, 3.05) is 7.05 Å². The highest BCUT2D eigenvalue weighted by atomic mass is 16.3. The maximum absolute atomic E-state index is 11.0. The zero-order chi connectivity index (χ0) is 12.1. The number of aliphatic hydroxyl groups excluding tert-OH is 1. The molecule has 0 aliphatic carbocycles. The first-order valence-corrected chi connectivity index (χ1v) is 5.44. The van der Waals surface area contributed by atoms with Gasteiger partial charge >= 0.3 is 0 Å². The van der Waals surface area contributed by atoms with E-state index in [9.17, 15) is 4.79 Å². The summed E-state index contributed by atoms with van der Waals surface area (Å²) in [5, 5.41) is 16.1. The highest BCUT2D eigenvalue weighted by Gasteiger charge is 2.10. The summed E-state index contributed by atoms with van der Waals surface area (Å²) in [7, 11) is 1.63. The summed E-state index contributed by atoms with van der Waals surface area (Å²) in [6, 6.07) is 0. The van der Waals surface area contributed by atoms with Crippen molar-refractivity contribution in [2.45, 2.75) is 39.8 Å². The molecule has 0 aromatic carbocycles. The van der Waals surface area contributed by atoms with E-state index in [1.807, 2.05) is 18.5 Å². The summed E-state index contributed by atoms with van der Waals surface area (Å²) in [4.78, 5) is 11.0. The first-order chi connectivity index (χ1) is 7.60. The van der Waals surface area contributed by atoms with Crippen LogP contribution in [0.5, 0.6) is 0 Å². The Morgan fingerprint density at radius 2 is 2.19 bits per heavy atom. The van der Waals surface area contributed by atoms with Crippen molar-refractivity contribution in [1.82, 2.24) is 15.1 Å². The maximum Gasteiger partial charge on any atom is 0.219 e. The summed E-state index contributed by atoms with van der Waals surface area (Å²) in [5.74, 6) is 0.0453. The minimum absolute atomic E-state index is 0.0209. The van der Waals surface area contributed by atoms with Crippen LogP contribution in [0.1, 0.15) is 29.8 Å². The fraction of sp³-hybridized carbons (Fsp3) is 0.636. The molecule has 0 atom stereocenters. The molecule has 5 heteroatoms. The normalized spacial score (nSPS) is 10.5. The van der Waals surface area contributed by atoms with Crippen LogP contribution in [0.15, 0.2) is 0 Å². The highest BCUT2D eigenvalue weighted by molar-refractivity contribution is 5.75. The predicted molar refractivity (Wildman–Crippen MR) is 60.9 cm³/mol. The Morgan fingerprint density at radius 3 is 2.69 bits per heavy atom. The van der Waals surface area contributed by atoms with Gasteiger partial charge in [0.15, 0.2) is 0 Å². The summed E-state index contributed by atoms with van der Waals surface area (Å²) >= 11 is 0. The van der Waals surface area contributed by atoms with Crippen molar-refractivity contribution in [1.29, 1.82) is 0 Å². The fourth-order valence-electron chi connectivity index (χ4n) is 1.69. The van der Waals surface area contributed by atoms with Gasteiger partial charge < -0.3 is 10.4 Å². The molecule has 1 amide bonds. The average molecular weight is 225 g/mol. The lowest BCUT2D eigenvalue weighted by Crippen LogP contribution is -2.18. The SMILES string of the molecule is CNC(=O)CCCn1nc(C)c(CO)c1C. The van der Waals surface area contributed by atoms with E-state index < -0.39 is 0 Å². The third kappa shape index (κ3) is 2.82. The van der Waals surface area contributed by atoms with Crippen LogP contribution in [-0.2, 0) is 17.9 Å². The number of carbonyl (C=O) groups excluding carboxylic acids is 1. The van der Waals surface area contributed by atoms with Crippen LogP contribution >= 0.6 is 0 Å². The Labute approximate surface area is 95.5 Å². The van der Waals surface area contributed by atoms with Gasteiger partial charge in [-0.25, -0.2) is 0 Å². The number of aryl methyl sites for hydroxylation is 2. The van der Waals surface area contributed by atoms with Crippen LogP contribution in [0.2, 0.25) is 0 Å². The van der Waals surface area contributed by atoms with Gasteiger partial charge in [0.25, 0.3) is 0 Å². The molecule has 0 aliphatic heterocycles. The van der Waals surface area contributed by atoms with Gasteiger partial charge in [-0.05, 0) is 20.3 Å². The number of carbonyl (C=O) groups is 1. The monoisotopic (exact) mass is 225 g/mol. The lowest BCUT2D eigenvalue weighted by atomic mass is 10.2. The number of aliphatic hydroxyl groups is 1. The number of hydrogen-bond acceptors (Lipinski definition) is 3. The molecule has 16 heavy (non-hydrogen) atoms. The predicted octanol–water partition coefficient (Wildman–Crippen LogP) is 0.518. The third-order valence-corrected chi connectivity index (χ3v) is 2.74. The van der Waals surface area contributed by atoms with Gasteiger partial charge in [0.1, 0.15) is 0 Å². The van der Waals surface area contributed by atoms with Crippen molar-refractivity contribution in [3.63, 3.8) is 0 Å². The lowest BCUT2D eigenvalue weighted by molar-refractivity contribution is -0.120. The average Bonchev–Trinajstić information content (AvgIpc) is 2.53. The van der Waals surface area contributed by atoms with Gasteiger partial charge in [0, 0.05) is 31.3 Å². The minimum Gasteiger partial charge on any atom is -0.392 e. The molecule has 0 radical (unpaired) electrons. The number of amides is 1. The minimum atomic E-state index is 0.0209. The van der Waals surface area contributed by atoms with Crippen molar-refractivity contribution >= 4 is 5.91 Å². The maximum atomic E-state index is 11.0. The van der Waals surface area contributed by atoms with E-state index in [4.69, 9.17) is 5.11 Å². The molecule has 1 aromatic rings. The number of rotatable bonds is 5. The Morgan fingerprint density at radius 1 is 1.50 bits per heavy atom. The molecule has 0 unspecified atom stereocenters. The molecular weight excluding hydrogens is 206 g/mol. The third-order valence-electron chi connectivity index (χ3n) is 2.74. The number of aromatic nitrogens is 2. The lowest BCUT2D eigenvalue weighted by Gasteiger charge is -2.04. The Bertz CT molecular complexity index is 372. The number of nitrogens with one attached hydrogen (secondary N) is 1. The zero-order valence-electron chi connectivity index (χ0n) is 10.1. The molecule has 1 rings (SSSR count). The molecular formula is C11H19N3O2. The van der Waals surface area contributed by atoms with Crippen LogP contribution in [0.4, 0.5) is 0 Å². The first kappa shape index (κ1) is 12.7. The fourth-order valence-corrected chi connectivity index (χ4v) is 1.69. The van der Waals surface area contributed by atoms with Gasteiger partial charge in [-0.1, -0.05) is 0 Å².